The molecule has 20 heavy (non-hydrogen) atoms. The number of benzene rings is 2. The van der Waals surface area contributed by atoms with E-state index >= 15 is 0 Å². The van der Waals surface area contributed by atoms with Gasteiger partial charge in [0.05, 0.1) is 5.39 Å². The molecule has 3 nitrogen and oxygen atoms in total. The van der Waals surface area contributed by atoms with Gasteiger partial charge in [0, 0.05) is 5.56 Å². The Labute approximate surface area is 114 Å². The van der Waals surface area contributed by atoms with Gasteiger partial charge in [-0.15, -0.1) is 0 Å². The van der Waals surface area contributed by atoms with Gasteiger partial charge in [-0.05, 0) is 54.0 Å². The van der Waals surface area contributed by atoms with Crippen molar-refractivity contribution in [3.63, 3.8) is 0 Å². The summed E-state index contributed by atoms with van der Waals surface area (Å²) in [6.07, 6.45) is 5.49. The molecule has 4 rings (SSSR count). The fraction of sp³-hybridized carbons (Fsp3) is 0.118. The number of hydrogen-bond acceptors (Lipinski definition) is 3. The summed E-state index contributed by atoms with van der Waals surface area (Å²) in [5.41, 5.74) is 1.39. The quantitative estimate of drug-likeness (QED) is 0.631. The van der Waals surface area contributed by atoms with Crippen LogP contribution < -0.4 is 5.43 Å². The maximum atomic E-state index is 12.7. The van der Waals surface area contributed by atoms with Gasteiger partial charge in [-0.2, -0.15) is 0 Å². The smallest absolute Gasteiger partial charge is 0.197 e. The van der Waals surface area contributed by atoms with Crippen LogP contribution in [0, 0.1) is 0 Å². The second-order valence-electron chi connectivity index (χ2n) is 5.06. The molecular formula is C17H12O3. The van der Waals surface area contributed by atoms with E-state index in [1.54, 1.807) is 24.3 Å². The molecule has 3 heteroatoms. The molecule has 1 N–H and O–H groups in total. The van der Waals surface area contributed by atoms with Crippen molar-refractivity contribution in [3.05, 3.63) is 58.0 Å². The molecule has 1 aromatic heterocycles. The molecule has 0 bridgehead atoms. The normalized spacial score (nSPS) is 13.8. The number of fused-ring (bicyclic) bond motifs is 4. The van der Waals surface area contributed by atoms with Crippen LogP contribution in [0.4, 0.5) is 0 Å². The summed E-state index contributed by atoms with van der Waals surface area (Å²) in [4.78, 5) is 12.7. The molecule has 1 aliphatic rings. The van der Waals surface area contributed by atoms with Crippen LogP contribution in [-0.4, -0.2) is 5.11 Å². The van der Waals surface area contributed by atoms with Gasteiger partial charge >= 0.3 is 0 Å². The Morgan fingerprint density at radius 1 is 1.15 bits per heavy atom. The van der Waals surface area contributed by atoms with E-state index in [1.807, 2.05) is 18.2 Å². The molecule has 1 heterocycles. The van der Waals surface area contributed by atoms with Gasteiger partial charge in [0.2, 0.25) is 0 Å². The minimum atomic E-state index is 0.0434. The monoisotopic (exact) mass is 264 g/mol. The van der Waals surface area contributed by atoms with Crippen molar-refractivity contribution >= 4 is 27.8 Å². The summed E-state index contributed by atoms with van der Waals surface area (Å²) >= 11 is 0. The molecule has 3 aromatic rings. The fourth-order valence-corrected chi connectivity index (χ4v) is 2.85. The van der Waals surface area contributed by atoms with Gasteiger partial charge in [-0.3, -0.25) is 4.79 Å². The summed E-state index contributed by atoms with van der Waals surface area (Å²) in [6, 6.07) is 8.68. The molecule has 0 saturated carbocycles. The number of phenolic OH excluding ortho intramolecular Hbond substituents is 1. The predicted molar refractivity (Wildman–Crippen MR) is 79.0 cm³/mol. The Morgan fingerprint density at radius 2 is 2.05 bits per heavy atom. The maximum Gasteiger partial charge on any atom is 0.197 e. The Bertz CT molecular complexity index is 932. The van der Waals surface area contributed by atoms with Crippen LogP contribution in [-0.2, 0) is 6.42 Å². The molecule has 0 radical (unpaired) electrons. The van der Waals surface area contributed by atoms with Gasteiger partial charge in [-0.1, -0.05) is 12.1 Å². The zero-order chi connectivity index (χ0) is 13.7. The number of rotatable bonds is 0. The zero-order valence-electron chi connectivity index (χ0n) is 10.7. The van der Waals surface area contributed by atoms with Gasteiger partial charge in [0.15, 0.2) is 5.43 Å². The number of aromatic hydroxyl groups is 1. The molecule has 0 spiro atoms. The van der Waals surface area contributed by atoms with Crippen molar-refractivity contribution in [1.29, 1.82) is 0 Å². The summed E-state index contributed by atoms with van der Waals surface area (Å²) in [6.45, 7) is 0. The summed E-state index contributed by atoms with van der Waals surface area (Å²) in [7, 11) is 0. The van der Waals surface area contributed by atoms with Crippen LogP contribution in [0.25, 0.3) is 27.8 Å². The first-order valence-corrected chi connectivity index (χ1v) is 6.62. The molecule has 2 aromatic carbocycles. The first-order chi connectivity index (χ1) is 9.74. The average molecular weight is 264 g/mol. The lowest BCUT2D eigenvalue weighted by molar-refractivity contribution is 0.476. The second-order valence-corrected chi connectivity index (χ2v) is 5.06. The average Bonchev–Trinajstić information content (AvgIpc) is 2.47. The van der Waals surface area contributed by atoms with E-state index in [0.29, 0.717) is 16.7 Å². The van der Waals surface area contributed by atoms with E-state index in [1.165, 1.54) is 0 Å². The third kappa shape index (κ3) is 1.50. The first kappa shape index (κ1) is 11.3. The molecule has 98 valence electrons. The fourth-order valence-electron chi connectivity index (χ4n) is 2.85. The Morgan fingerprint density at radius 3 is 2.95 bits per heavy atom. The Kier molecular flexibility index (Phi) is 2.24. The topological polar surface area (TPSA) is 50.4 Å². The van der Waals surface area contributed by atoms with E-state index in [0.717, 1.165) is 29.2 Å². The highest BCUT2D eigenvalue weighted by molar-refractivity contribution is 6.06. The largest absolute Gasteiger partial charge is 0.508 e. The molecule has 0 aliphatic heterocycles. The Hall–Kier alpha value is -2.55. The lowest BCUT2D eigenvalue weighted by atomic mass is 9.98. The van der Waals surface area contributed by atoms with Crippen LogP contribution in [0.15, 0.2) is 45.6 Å². The molecule has 0 saturated heterocycles. The lowest BCUT2D eigenvalue weighted by Gasteiger charge is -2.11. The van der Waals surface area contributed by atoms with E-state index in [9.17, 15) is 9.90 Å². The van der Waals surface area contributed by atoms with Gasteiger partial charge in [-0.25, -0.2) is 0 Å². The highest BCUT2D eigenvalue weighted by Gasteiger charge is 2.16. The summed E-state index contributed by atoms with van der Waals surface area (Å²) < 4.78 is 5.85. The molecule has 0 unspecified atom stereocenters. The van der Waals surface area contributed by atoms with Crippen molar-refractivity contribution in [2.75, 3.05) is 0 Å². The van der Waals surface area contributed by atoms with E-state index in [2.05, 4.69) is 0 Å². The number of phenols is 1. The lowest BCUT2D eigenvalue weighted by Crippen LogP contribution is -2.13. The number of hydrogen-bond donors (Lipinski definition) is 1. The molecule has 1 aliphatic carbocycles. The first-order valence-electron chi connectivity index (χ1n) is 6.62. The van der Waals surface area contributed by atoms with Crippen LogP contribution in [0.1, 0.15) is 17.7 Å². The van der Waals surface area contributed by atoms with E-state index in [4.69, 9.17) is 4.42 Å². The molecular weight excluding hydrogens is 252 g/mol. The van der Waals surface area contributed by atoms with Crippen LogP contribution >= 0.6 is 0 Å². The highest BCUT2D eigenvalue weighted by atomic mass is 16.3. The van der Waals surface area contributed by atoms with Crippen molar-refractivity contribution in [1.82, 2.24) is 0 Å². The van der Waals surface area contributed by atoms with Crippen molar-refractivity contribution < 1.29 is 9.52 Å². The molecule has 0 atom stereocenters. The van der Waals surface area contributed by atoms with Crippen molar-refractivity contribution in [3.8, 4) is 5.75 Å². The van der Waals surface area contributed by atoms with Crippen molar-refractivity contribution in [2.24, 2.45) is 0 Å². The second kappa shape index (κ2) is 3.97. The van der Waals surface area contributed by atoms with Gasteiger partial charge in [0.1, 0.15) is 17.1 Å². The highest BCUT2D eigenvalue weighted by Crippen LogP contribution is 2.29. The number of allylic oxidation sites excluding steroid dienone is 1. The third-order valence-corrected chi connectivity index (χ3v) is 3.81. The standard InChI is InChI=1S/C17H12O3/c18-11-6-7-12-10(9-11)5-8-15-16(12)17(19)13-3-1-2-4-14(13)20-15/h2,4-9,18H,1,3H2. The minimum absolute atomic E-state index is 0.0434. The van der Waals surface area contributed by atoms with Crippen molar-refractivity contribution in [2.45, 2.75) is 12.8 Å². The van der Waals surface area contributed by atoms with Gasteiger partial charge in [0.25, 0.3) is 0 Å². The van der Waals surface area contributed by atoms with Crippen LogP contribution in [0.2, 0.25) is 0 Å². The summed E-state index contributed by atoms with van der Waals surface area (Å²) in [5, 5.41) is 11.8. The predicted octanol–water partition coefficient (Wildman–Crippen LogP) is 3.61. The SMILES string of the molecule is O=c1c2c(oc3ccc4cc(O)ccc4c13)C=CCC2. The minimum Gasteiger partial charge on any atom is -0.508 e. The molecule has 0 amide bonds. The summed E-state index contributed by atoms with van der Waals surface area (Å²) in [5.74, 6) is 0.869. The zero-order valence-corrected chi connectivity index (χ0v) is 10.7. The maximum absolute atomic E-state index is 12.7. The van der Waals surface area contributed by atoms with Gasteiger partial charge < -0.3 is 9.52 Å². The Balaban J connectivity index is 2.22. The van der Waals surface area contributed by atoms with E-state index in [-0.39, 0.29) is 11.2 Å². The van der Waals surface area contributed by atoms with Crippen LogP contribution in [0.3, 0.4) is 0 Å². The third-order valence-electron chi connectivity index (χ3n) is 3.81. The van der Waals surface area contributed by atoms with Crippen LogP contribution in [0.5, 0.6) is 5.75 Å². The molecule has 0 fully saturated rings. The van der Waals surface area contributed by atoms with E-state index < -0.39 is 0 Å².